The predicted molar refractivity (Wildman–Crippen MR) is 90.3 cm³/mol. The van der Waals surface area contributed by atoms with Crippen LogP contribution in [0.25, 0.3) is 11.0 Å². The maximum absolute atomic E-state index is 12.2. The van der Waals surface area contributed by atoms with Crippen LogP contribution in [0.1, 0.15) is 13.8 Å². The van der Waals surface area contributed by atoms with Crippen LogP contribution in [0.3, 0.4) is 0 Å². The van der Waals surface area contributed by atoms with Crippen LogP contribution in [0, 0.1) is 0 Å². The van der Waals surface area contributed by atoms with Crippen LogP contribution >= 0.6 is 11.8 Å². The van der Waals surface area contributed by atoms with Gasteiger partial charge in [-0.2, -0.15) is 0 Å². The fourth-order valence-electron chi connectivity index (χ4n) is 2.36. The van der Waals surface area contributed by atoms with Crippen molar-refractivity contribution in [1.29, 1.82) is 0 Å². The van der Waals surface area contributed by atoms with E-state index < -0.39 is 0 Å². The largest absolute Gasteiger partial charge is 0.383 e. The summed E-state index contributed by atoms with van der Waals surface area (Å²) in [6, 6.07) is 8.03. The topological polar surface area (TPSA) is 47.4 Å². The number of methoxy groups -OCH3 is 1. The van der Waals surface area contributed by atoms with Crippen LogP contribution in [0.15, 0.2) is 29.4 Å². The molecule has 5 nitrogen and oxygen atoms in total. The summed E-state index contributed by atoms with van der Waals surface area (Å²) < 4.78 is 7.31. The number of carbonyl (C=O) groups is 1. The van der Waals surface area contributed by atoms with E-state index in [1.165, 1.54) is 11.8 Å². The maximum atomic E-state index is 12.2. The van der Waals surface area contributed by atoms with Crippen LogP contribution in [-0.2, 0) is 16.1 Å². The Balaban J connectivity index is 2.17. The Kier molecular flexibility index (Phi) is 6.27. The number of imidazole rings is 1. The van der Waals surface area contributed by atoms with E-state index in [0.29, 0.717) is 12.4 Å². The van der Waals surface area contributed by atoms with Gasteiger partial charge in [-0.05, 0) is 26.0 Å². The molecule has 0 fully saturated rings. The van der Waals surface area contributed by atoms with E-state index in [1.54, 1.807) is 7.11 Å². The first-order chi connectivity index (χ1) is 10.7. The molecule has 6 heteroatoms. The van der Waals surface area contributed by atoms with Crippen molar-refractivity contribution in [2.75, 3.05) is 32.6 Å². The highest BCUT2D eigenvalue weighted by Crippen LogP contribution is 2.24. The number of thioether (sulfide) groups is 1. The van der Waals surface area contributed by atoms with Crippen LogP contribution in [0.2, 0.25) is 0 Å². The summed E-state index contributed by atoms with van der Waals surface area (Å²) in [5.74, 6) is 0.568. The van der Waals surface area contributed by atoms with Crippen molar-refractivity contribution < 1.29 is 9.53 Å². The van der Waals surface area contributed by atoms with Crippen LogP contribution in [0.4, 0.5) is 0 Å². The van der Waals surface area contributed by atoms with Crippen molar-refractivity contribution in [2.45, 2.75) is 25.5 Å². The van der Waals surface area contributed by atoms with Crippen LogP contribution < -0.4 is 0 Å². The minimum atomic E-state index is 0.153. The van der Waals surface area contributed by atoms with Gasteiger partial charge < -0.3 is 14.2 Å². The number of carbonyl (C=O) groups excluding carboxylic acids is 1. The summed E-state index contributed by atoms with van der Waals surface area (Å²) in [5.41, 5.74) is 2.04. The predicted octanol–water partition coefficient (Wildman–Crippen LogP) is 2.64. The summed E-state index contributed by atoms with van der Waals surface area (Å²) in [6.45, 7) is 6.85. The zero-order valence-corrected chi connectivity index (χ0v) is 14.2. The van der Waals surface area contributed by atoms with Crippen molar-refractivity contribution in [3.63, 3.8) is 0 Å². The first kappa shape index (κ1) is 16.8. The number of ether oxygens (including phenoxy) is 1. The fourth-order valence-corrected chi connectivity index (χ4v) is 3.30. The SMILES string of the molecule is CCN(CC)C(=O)CSc1nc2ccccc2n1CCOC. The molecule has 0 aliphatic carbocycles. The number of benzene rings is 1. The van der Waals surface area contributed by atoms with Crippen molar-refractivity contribution in [3.8, 4) is 0 Å². The number of hydrogen-bond acceptors (Lipinski definition) is 4. The van der Waals surface area contributed by atoms with Gasteiger partial charge in [0.05, 0.1) is 23.4 Å². The van der Waals surface area contributed by atoms with Gasteiger partial charge in [-0.1, -0.05) is 23.9 Å². The lowest BCUT2D eigenvalue weighted by Gasteiger charge is -2.18. The third kappa shape index (κ3) is 3.81. The van der Waals surface area contributed by atoms with Crippen molar-refractivity contribution in [3.05, 3.63) is 24.3 Å². The number of fused-ring (bicyclic) bond motifs is 1. The second-order valence-corrected chi connectivity index (χ2v) is 5.82. The first-order valence-electron chi connectivity index (χ1n) is 7.56. The highest BCUT2D eigenvalue weighted by atomic mass is 32.2. The normalized spacial score (nSPS) is 11.0. The molecule has 0 atom stereocenters. The van der Waals surface area contributed by atoms with Crippen LogP contribution in [-0.4, -0.2) is 52.9 Å². The molecule has 22 heavy (non-hydrogen) atoms. The molecule has 1 amide bonds. The molecule has 0 aliphatic rings. The smallest absolute Gasteiger partial charge is 0.233 e. The molecule has 1 aromatic heterocycles. The van der Waals surface area contributed by atoms with E-state index in [2.05, 4.69) is 9.55 Å². The third-order valence-corrected chi connectivity index (χ3v) is 4.54. The average molecular weight is 321 g/mol. The number of nitrogens with zero attached hydrogens (tertiary/aromatic N) is 3. The number of para-hydroxylation sites is 2. The van der Waals surface area contributed by atoms with Gasteiger partial charge in [-0.15, -0.1) is 0 Å². The highest BCUT2D eigenvalue weighted by Gasteiger charge is 2.15. The van der Waals surface area contributed by atoms with Gasteiger partial charge in [0, 0.05) is 26.7 Å². The summed E-state index contributed by atoms with van der Waals surface area (Å²) in [7, 11) is 1.69. The Bertz CT molecular complexity index is 623. The highest BCUT2D eigenvalue weighted by molar-refractivity contribution is 7.99. The molecule has 0 aliphatic heterocycles. The maximum Gasteiger partial charge on any atom is 0.233 e. The quantitative estimate of drug-likeness (QED) is 0.701. The Labute approximate surface area is 135 Å². The summed E-state index contributed by atoms with van der Waals surface area (Å²) in [6.07, 6.45) is 0. The van der Waals surface area contributed by atoms with E-state index in [1.807, 2.05) is 43.0 Å². The monoisotopic (exact) mass is 321 g/mol. The van der Waals surface area contributed by atoms with Crippen LogP contribution in [0.5, 0.6) is 0 Å². The summed E-state index contributed by atoms with van der Waals surface area (Å²) >= 11 is 1.50. The molecule has 0 spiro atoms. The number of amides is 1. The molecule has 0 bridgehead atoms. The van der Waals surface area contributed by atoms with Crippen molar-refractivity contribution in [2.24, 2.45) is 0 Å². The first-order valence-corrected chi connectivity index (χ1v) is 8.54. The van der Waals surface area contributed by atoms with Crippen molar-refractivity contribution >= 4 is 28.7 Å². The summed E-state index contributed by atoms with van der Waals surface area (Å²) in [5, 5.41) is 0.874. The molecule has 1 heterocycles. The number of aromatic nitrogens is 2. The van der Waals surface area contributed by atoms with Gasteiger partial charge in [-0.3, -0.25) is 4.79 Å². The Morgan fingerprint density at radius 2 is 2.05 bits per heavy atom. The molecule has 1 aromatic carbocycles. The average Bonchev–Trinajstić information content (AvgIpc) is 2.89. The minimum absolute atomic E-state index is 0.153. The van der Waals surface area contributed by atoms with Gasteiger partial charge in [0.1, 0.15) is 0 Å². The molecule has 0 radical (unpaired) electrons. The van der Waals surface area contributed by atoms with Gasteiger partial charge in [0.15, 0.2) is 5.16 Å². The number of hydrogen-bond donors (Lipinski definition) is 0. The van der Waals surface area contributed by atoms with E-state index in [0.717, 1.165) is 35.8 Å². The van der Waals surface area contributed by atoms with E-state index in [-0.39, 0.29) is 5.91 Å². The Morgan fingerprint density at radius 3 is 2.73 bits per heavy atom. The van der Waals surface area contributed by atoms with Gasteiger partial charge in [-0.25, -0.2) is 4.98 Å². The Morgan fingerprint density at radius 1 is 1.32 bits per heavy atom. The fraction of sp³-hybridized carbons (Fsp3) is 0.500. The zero-order valence-electron chi connectivity index (χ0n) is 13.4. The second-order valence-electron chi connectivity index (χ2n) is 4.88. The van der Waals surface area contributed by atoms with Gasteiger partial charge >= 0.3 is 0 Å². The molecule has 2 aromatic rings. The van der Waals surface area contributed by atoms with Gasteiger partial charge in [0.2, 0.25) is 5.91 Å². The van der Waals surface area contributed by atoms with Crippen molar-refractivity contribution in [1.82, 2.24) is 14.5 Å². The number of rotatable bonds is 8. The minimum Gasteiger partial charge on any atom is -0.383 e. The lowest BCUT2D eigenvalue weighted by molar-refractivity contribution is -0.127. The third-order valence-electron chi connectivity index (χ3n) is 3.58. The van der Waals surface area contributed by atoms with E-state index in [4.69, 9.17) is 4.74 Å². The molecule has 0 saturated carbocycles. The standard InChI is InChI=1S/C16H23N3O2S/c1-4-18(5-2)15(20)12-22-16-17-13-8-6-7-9-14(13)19(16)10-11-21-3/h6-9H,4-5,10-12H2,1-3H3. The second kappa shape index (κ2) is 8.19. The molecule has 0 N–H and O–H groups in total. The molecule has 120 valence electrons. The lowest BCUT2D eigenvalue weighted by atomic mass is 10.3. The lowest BCUT2D eigenvalue weighted by Crippen LogP contribution is -2.31. The molecule has 2 rings (SSSR count). The van der Waals surface area contributed by atoms with Gasteiger partial charge in [0.25, 0.3) is 0 Å². The zero-order chi connectivity index (χ0) is 15.9. The summed E-state index contributed by atoms with van der Waals surface area (Å²) in [4.78, 5) is 18.7. The Hall–Kier alpha value is -1.53. The van der Waals surface area contributed by atoms with E-state index in [9.17, 15) is 4.79 Å². The molecular weight excluding hydrogens is 298 g/mol. The molecular formula is C16H23N3O2S. The molecule has 0 saturated heterocycles. The van der Waals surface area contributed by atoms with E-state index >= 15 is 0 Å². The molecule has 0 unspecified atom stereocenters.